The van der Waals surface area contributed by atoms with Crippen LogP contribution in [-0.2, 0) is 6.54 Å². The van der Waals surface area contributed by atoms with Crippen LogP contribution < -0.4 is 5.73 Å². The Morgan fingerprint density at radius 3 is 2.61 bits per heavy atom. The van der Waals surface area contributed by atoms with Crippen LogP contribution in [-0.4, -0.2) is 24.0 Å². The first kappa shape index (κ1) is 14.1. The quantitative estimate of drug-likeness (QED) is 0.915. The molecule has 1 saturated heterocycles. The molecule has 0 bridgehead atoms. The molecule has 0 saturated carbocycles. The zero-order valence-corrected chi connectivity index (χ0v) is 12.1. The Hall–Kier alpha value is -0.280. The maximum absolute atomic E-state index is 6.24. The molecule has 18 heavy (non-hydrogen) atoms. The predicted octanol–water partition coefficient (Wildman–Crippen LogP) is 3.70. The predicted molar refractivity (Wildman–Crippen MR) is 78.2 cm³/mol. The molecule has 1 fully saturated rings. The Morgan fingerprint density at radius 2 is 1.94 bits per heavy atom. The van der Waals surface area contributed by atoms with Gasteiger partial charge in [0.2, 0.25) is 0 Å². The number of nitrogens with two attached hydrogens (primary N) is 1. The lowest BCUT2D eigenvalue weighted by molar-refractivity contribution is 0.134. The number of piperidine rings is 1. The van der Waals surface area contributed by atoms with Crippen molar-refractivity contribution in [3.63, 3.8) is 0 Å². The van der Waals surface area contributed by atoms with Crippen molar-refractivity contribution < 1.29 is 0 Å². The van der Waals surface area contributed by atoms with Gasteiger partial charge in [0.1, 0.15) is 0 Å². The molecule has 0 amide bonds. The third-order valence-electron chi connectivity index (χ3n) is 3.67. The molecule has 100 valence electrons. The summed E-state index contributed by atoms with van der Waals surface area (Å²) in [4.78, 5) is 2.48. The van der Waals surface area contributed by atoms with Crippen LogP contribution in [0.4, 0.5) is 0 Å². The van der Waals surface area contributed by atoms with Gasteiger partial charge in [-0.15, -0.1) is 0 Å². The van der Waals surface area contributed by atoms with Crippen molar-refractivity contribution in [1.82, 2.24) is 4.90 Å². The first-order valence-electron chi connectivity index (χ1n) is 6.59. The van der Waals surface area contributed by atoms with Crippen molar-refractivity contribution in [1.29, 1.82) is 0 Å². The lowest BCUT2D eigenvalue weighted by atomic mass is 9.98. The monoisotopic (exact) mass is 286 g/mol. The van der Waals surface area contributed by atoms with Gasteiger partial charge < -0.3 is 5.73 Å². The normalized spacial score (nSPS) is 21.2. The van der Waals surface area contributed by atoms with Gasteiger partial charge in [-0.3, -0.25) is 4.90 Å². The largest absolute Gasteiger partial charge is 0.330 e. The standard InChI is InChI=1S/C14H20Cl2N2/c15-13-5-3-6-14(16)12(13)10-18-9-2-1-4-11(18)7-8-17/h3,5-6,11H,1-2,4,7-10,17H2. The number of hydrogen-bond acceptors (Lipinski definition) is 2. The number of nitrogens with zero attached hydrogens (tertiary/aromatic N) is 1. The fourth-order valence-corrected chi connectivity index (χ4v) is 3.19. The molecule has 0 radical (unpaired) electrons. The van der Waals surface area contributed by atoms with Gasteiger partial charge in [0.05, 0.1) is 0 Å². The molecule has 1 heterocycles. The molecule has 0 spiro atoms. The van der Waals surface area contributed by atoms with E-state index in [1.807, 2.05) is 18.2 Å². The number of benzene rings is 1. The van der Waals surface area contributed by atoms with Crippen LogP contribution in [0.25, 0.3) is 0 Å². The van der Waals surface area contributed by atoms with E-state index in [0.29, 0.717) is 6.04 Å². The molecular weight excluding hydrogens is 267 g/mol. The highest BCUT2D eigenvalue weighted by Crippen LogP contribution is 2.29. The number of likely N-dealkylation sites (tertiary alicyclic amines) is 1. The van der Waals surface area contributed by atoms with Gasteiger partial charge in [-0.2, -0.15) is 0 Å². The minimum atomic E-state index is 0.580. The van der Waals surface area contributed by atoms with Crippen molar-refractivity contribution in [2.75, 3.05) is 13.1 Å². The van der Waals surface area contributed by atoms with E-state index in [-0.39, 0.29) is 0 Å². The molecule has 1 unspecified atom stereocenters. The van der Waals surface area contributed by atoms with Crippen LogP contribution >= 0.6 is 23.2 Å². The molecule has 4 heteroatoms. The molecule has 1 aliphatic rings. The highest BCUT2D eigenvalue weighted by atomic mass is 35.5. The summed E-state index contributed by atoms with van der Waals surface area (Å²) >= 11 is 12.5. The van der Waals surface area contributed by atoms with Crippen molar-refractivity contribution in [3.8, 4) is 0 Å². The van der Waals surface area contributed by atoms with Crippen LogP contribution in [0.2, 0.25) is 10.0 Å². The van der Waals surface area contributed by atoms with Crippen LogP contribution in [0.3, 0.4) is 0 Å². The Morgan fingerprint density at radius 1 is 1.22 bits per heavy atom. The van der Waals surface area contributed by atoms with Crippen LogP contribution in [0.5, 0.6) is 0 Å². The Labute approximate surface area is 119 Å². The summed E-state index contributed by atoms with van der Waals surface area (Å²) < 4.78 is 0. The number of halogens is 2. The summed E-state index contributed by atoms with van der Waals surface area (Å²) in [6.45, 7) is 2.70. The van der Waals surface area contributed by atoms with E-state index >= 15 is 0 Å². The summed E-state index contributed by atoms with van der Waals surface area (Å²) in [6.07, 6.45) is 4.85. The van der Waals surface area contributed by atoms with E-state index in [0.717, 1.165) is 41.7 Å². The minimum absolute atomic E-state index is 0.580. The second-order valence-corrected chi connectivity index (χ2v) is 5.71. The third-order valence-corrected chi connectivity index (χ3v) is 4.38. The highest BCUT2D eigenvalue weighted by molar-refractivity contribution is 6.35. The summed E-state index contributed by atoms with van der Waals surface area (Å²) in [7, 11) is 0. The second kappa shape index (κ2) is 6.76. The third kappa shape index (κ3) is 3.39. The average Bonchev–Trinajstić information content (AvgIpc) is 2.36. The molecule has 1 aromatic carbocycles. The first-order valence-corrected chi connectivity index (χ1v) is 7.35. The maximum Gasteiger partial charge on any atom is 0.0465 e. The summed E-state index contributed by atoms with van der Waals surface area (Å²) in [5.74, 6) is 0. The van der Waals surface area contributed by atoms with E-state index in [2.05, 4.69) is 4.90 Å². The van der Waals surface area contributed by atoms with E-state index < -0.39 is 0 Å². The Bertz CT molecular complexity index is 373. The lowest BCUT2D eigenvalue weighted by Crippen LogP contribution is -2.40. The molecule has 0 aromatic heterocycles. The molecule has 0 aliphatic carbocycles. The average molecular weight is 287 g/mol. The zero-order chi connectivity index (χ0) is 13.0. The van der Waals surface area contributed by atoms with Crippen LogP contribution in [0.1, 0.15) is 31.2 Å². The highest BCUT2D eigenvalue weighted by Gasteiger charge is 2.23. The van der Waals surface area contributed by atoms with Gasteiger partial charge in [0.15, 0.2) is 0 Å². The van der Waals surface area contributed by atoms with E-state index in [1.54, 1.807) is 0 Å². The lowest BCUT2D eigenvalue weighted by Gasteiger charge is -2.36. The minimum Gasteiger partial charge on any atom is -0.330 e. The second-order valence-electron chi connectivity index (χ2n) is 4.90. The van der Waals surface area contributed by atoms with Crippen molar-refractivity contribution in [2.24, 2.45) is 5.73 Å². The van der Waals surface area contributed by atoms with Crippen molar-refractivity contribution >= 4 is 23.2 Å². The van der Waals surface area contributed by atoms with Gasteiger partial charge in [-0.1, -0.05) is 35.7 Å². The van der Waals surface area contributed by atoms with Gasteiger partial charge in [-0.25, -0.2) is 0 Å². The van der Waals surface area contributed by atoms with Crippen LogP contribution in [0.15, 0.2) is 18.2 Å². The maximum atomic E-state index is 6.24. The first-order chi connectivity index (χ1) is 8.72. The fraction of sp³-hybridized carbons (Fsp3) is 0.571. The van der Waals surface area contributed by atoms with Gasteiger partial charge in [0, 0.05) is 28.2 Å². The SMILES string of the molecule is NCCC1CCCCN1Cc1c(Cl)cccc1Cl. The van der Waals surface area contributed by atoms with E-state index in [4.69, 9.17) is 28.9 Å². The van der Waals surface area contributed by atoms with E-state index in [1.165, 1.54) is 19.3 Å². The Kier molecular flexibility index (Phi) is 5.31. The number of hydrogen-bond donors (Lipinski definition) is 1. The molecule has 2 nitrogen and oxygen atoms in total. The van der Waals surface area contributed by atoms with Crippen LogP contribution in [0, 0.1) is 0 Å². The summed E-state index contributed by atoms with van der Waals surface area (Å²) in [6, 6.07) is 6.29. The molecular formula is C14H20Cl2N2. The van der Waals surface area contributed by atoms with Gasteiger partial charge >= 0.3 is 0 Å². The summed E-state index contributed by atoms with van der Waals surface area (Å²) in [5.41, 5.74) is 6.74. The number of rotatable bonds is 4. The Balaban J connectivity index is 2.11. The molecule has 1 aromatic rings. The van der Waals surface area contributed by atoms with Gasteiger partial charge in [0.25, 0.3) is 0 Å². The molecule has 2 N–H and O–H groups in total. The van der Waals surface area contributed by atoms with Gasteiger partial charge in [-0.05, 0) is 44.5 Å². The molecule has 1 atom stereocenters. The van der Waals surface area contributed by atoms with Crippen molar-refractivity contribution in [3.05, 3.63) is 33.8 Å². The van der Waals surface area contributed by atoms with Crippen molar-refractivity contribution in [2.45, 2.75) is 38.3 Å². The summed E-state index contributed by atoms with van der Waals surface area (Å²) in [5, 5.41) is 1.53. The zero-order valence-electron chi connectivity index (χ0n) is 10.5. The topological polar surface area (TPSA) is 29.3 Å². The fourth-order valence-electron chi connectivity index (χ4n) is 2.67. The molecule has 2 rings (SSSR count). The smallest absolute Gasteiger partial charge is 0.0465 e. The van der Waals surface area contributed by atoms with E-state index in [9.17, 15) is 0 Å². The molecule has 1 aliphatic heterocycles.